The van der Waals surface area contributed by atoms with Gasteiger partial charge in [-0.15, -0.1) is 10.2 Å². The molecule has 0 atom stereocenters. The summed E-state index contributed by atoms with van der Waals surface area (Å²) in [6, 6.07) is 8.30. The van der Waals surface area contributed by atoms with Crippen molar-refractivity contribution in [2.45, 2.75) is 4.90 Å². The standard InChI is InChI=1S/C16H11N3O8S.Cr.3H2O/c20-14-3-1-2-10-9(14)4-5-11(15(10)21)17-18-12-6-8(28(25,26)27)7-13(16(12)22)19(23)24;;;;/h1-7,20-22H,(H,25,26,27);;3*1H2. The van der Waals surface area contributed by atoms with Gasteiger partial charge < -0.3 is 31.7 Å². The fourth-order valence-corrected chi connectivity index (χ4v) is 2.97. The van der Waals surface area contributed by atoms with Crippen LogP contribution in [0.25, 0.3) is 10.8 Å². The zero-order valence-corrected chi connectivity index (χ0v) is 17.7. The average Bonchev–Trinajstić information content (AvgIpc) is 2.61. The molecule has 0 aliphatic carbocycles. The number of aromatic hydroxyl groups is 3. The van der Waals surface area contributed by atoms with E-state index >= 15 is 0 Å². The second-order valence-corrected chi connectivity index (χ2v) is 6.97. The van der Waals surface area contributed by atoms with E-state index in [0.717, 1.165) is 0 Å². The quantitative estimate of drug-likeness (QED) is 0.169. The second kappa shape index (κ2) is 11.3. The molecular formula is C16H17CrN3O11S. The van der Waals surface area contributed by atoms with E-state index in [1.165, 1.54) is 30.3 Å². The summed E-state index contributed by atoms with van der Waals surface area (Å²) >= 11 is 0. The number of benzene rings is 3. The Bertz CT molecular complexity index is 1270. The summed E-state index contributed by atoms with van der Waals surface area (Å²) in [7, 11) is -4.82. The van der Waals surface area contributed by atoms with Crippen LogP contribution in [0.1, 0.15) is 0 Å². The van der Waals surface area contributed by atoms with Gasteiger partial charge in [-0.1, -0.05) is 12.1 Å². The minimum absolute atomic E-state index is 0. The largest absolute Gasteiger partial charge is 0.507 e. The minimum Gasteiger partial charge on any atom is -0.507 e. The molecule has 14 nitrogen and oxygen atoms in total. The Labute approximate surface area is 190 Å². The van der Waals surface area contributed by atoms with Crippen molar-refractivity contribution in [3.05, 3.63) is 52.6 Å². The molecule has 3 aromatic carbocycles. The third-order valence-electron chi connectivity index (χ3n) is 3.79. The fourth-order valence-electron chi connectivity index (χ4n) is 2.45. The molecule has 16 heteroatoms. The summed E-state index contributed by atoms with van der Waals surface area (Å²) in [6.07, 6.45) is 0. The molecule has 0 bridgehead atoms. The van der Waals surface area contributed by atoms with Crippen LogP contribution in [0.3, 0.4) is 0 Å². The average molecular weight is 511 g/mol. The smallest absolute Gasteiger partial charge is 0.314 e. The van der Waals surface area contributed by atoms with E-state index in [9.17, 15) is 33.9 Å². The Morgan fingerprint density at radius 3 is 2.00 bits per heavy atom. The number of hydrogen-bond donors (Lipinski definition) is 4. The first-order valence-electron chi connectivity index (χ1n) is 7.44. The molecule has 0 aliphatic rings. The van der Waals surface area contributed by atoms with Crippen molar-refractivity contribution in [2.24, 2.45) is 10.2 Å². The van der Waals surface area contributed by atoms with Crippen molar-refractivity contribution in [3.63, 3.8) is 0 Å². The van der Waals surface area contributed by atoms with Gasteiger partial charge in [-0.25, -0.2) is 0 Å². The summed E-state index contributed by atoms with van der Waals surface area (Å²) in [5, 5.41) is 48.8. The minimum atomic E-state index is -4.82. The molecule has 0 aromatic heterocycles. The predicted octanol–water partition coefficient (Wildman–Crippen LogP) is 1.05. The maximum atomic E-state index is 11.3. The van der Waals surface area contributed by atoms with E-state index < -0.39 is 37.1 Å². The van der Waals surface area contributed by atoms with Crippen molar-refractivity contribution < 1.29 is 67.0 Å². The topological polar surface area (TPSA) is 277 Å². The van der Waals surface area contributed by atoms with Crippen LogP contribution < -0.4 is 0 Å². The summed E-state index contributed by atoms with van der Waals surface area (Å²) < 4.78 is 31.7. The first kappa shape index (κ1) is 30.8. The maximum Gasteiger partial charge on any atom is 0.314 e. The maximum absolute atomic E-state index is 11.3. The Morgan fingerprint density at radius 2 is 1.44 bits per heavy atom. The van der Waals surface area contributed by atoms with Crippen molar-refractivity contribution >= 4 is 38.0 Å². The van der Waals surface area contributed by atoms with Crippen molar-refractivity contribution in [2.75, 3.05) is 0 Å². The SMILES string of the molecule is O.O.O.O=[N+]([O-])c1cc(S(=O)(=O)O)cc(N=Nc2ccc3c(O)cccc3c2O)c1O.[Cr]. The zero-order valence-electron chi connectivity index (χ0n) is 15.6. The van der Waals surface area contributed by atoms with E-state index in [1.54, 1.807) is 0 Å². The van der Waals surface area contributed by atoms with Gasteiger partial charge in [0.25, 0.3) is 10.1 Å². The number of rotatable bonds is 4. The van der Waals surface area contributed by atoms with Gasteiger partial charge in [0, 0.05) is 34.2 Å². The zero-order chi connectivity index (χ0) is 20.6. The summed E-state index contributed by atoms with van der Waals surface area (Å²) in [5.41, 5.74) is -1.73. The molecule has 0 aliphatic heterocycles. The van der Waals surface area contributed by atoms with Crippen molar-refractivity contribution in [1.29, 1.82) is 0 Å². The van der Waals surface area contributed by atoms with E-state index in [1.807, 2.05) is 0 Å². The van der Waals surface area contributed by atoms with Crippen LogP contribution in [-0.4, -0.2) is 49.6 Å². The third-order valence-corrected chi connectivity index (χ3v) is 4.62. The van der Waals surface area contributed by atoms with E-state index in [4.69, 9.17) is 4.55 Å². The van der Waals surface area contributed by atoms with Crippen LogP contribution >= 0.6 is 0 Å². The first-order chi connectivity index (χ1) is 13.1. The van der Waals surface area contributed by atoms with E-state index in [-0.39, 0.29) is 56.4 Å². The Hall–Kier alpha value is -3.36. The number of nitrogens with zero attached hydrogens (tertiary/aromatic N) is 3. The number of fused-ring (bicyclic) bond motifs is 1. The van der Waals surface area contributed by atoms with Gasteiger partial charge in [0.05, 0.1) is 4.92 Å². The molecule has 0 spiro atoms. The molecule has 0 saturated carbocycles. The van der Waals surface area contributed by atoms with E-state index in [2.05, 4.69) is 10.2 Å². The number of nitro groups is 1. The molecule has 3 rings (SSSR count). The summed E-state index contributed by atoms with van der Waals surface area (Å²) in [5.74, 6) is -1.42. The van der Waals surface area contributed by atoms with Crippen molar-refractivity contribution in [3.8, 4) is 17.2 Å². The third kappa shape index (κ3) is 5.87. The second-order valence-electron chi connectivity index (χ2n) is 5.55. The number of phenolic OH excluding ortho intramolecular Hbond substituents is 3. The number of azo groups is 1. The molecule has 10 N–H and O–H groups in total. The van der Waals surface area contributed by atoms with Gasteiger partial charge in [-0.2, -0.15) is 8.42 Å². The number of nitro benzene ring substituents is 1. The van der Waals surface area contributed by atoms with Crippen LogP contribution in [0.15, 0.2) is 57.6 Å². The monoisotopic (exact) mass is 511 g/mol. The molecule has 3 aromatic rings. The van der Waals surface area contributed by atoms with Gasteiger partial charge in [0.2, 0.25) is 5.75 Å². The molecule has 0 amide bonds. The van der Waals surface area contributed by atoms with Crippen LogP contribution in [0, 0.1) is 10.1 Å². The van der Waals surface area contributed by atoms with Gasteiger partial charge in [-0.3, -0.25) is 14.7 Å². The Morgan fingerprint density at radius 1 is 0.844 bits per heavy atom. The normalized spacial score (nSPS) is 10.4. The molecule has 0 saturated heterocycles. The first-order valence-corrected chi connectivity index (χ1v) is 8.88. The molecule has 32 heavy (non-hydrogen) atoms. The number of hydrogen-bond acceptors (Lipinski definition) is 9. The van der Waals surface area contributed by atoms with Crippen LogP contribution in [0.2, 0.25) is 0 Å². The van der Waals surface area contributed by atoms with Crippen molar-refractivity contribution in [1.82, 2.24) is 0 Å². The molecule has 0 radical (unpaired) electrons. The Balaban J connectivity index is 0. The molecule has 174 valence electrons. The molecule has 0 heterocycles. The fraction of sp³-hybridized carbons (Fsp3) is 0. The Kier molecular flexibility index (Phi) is 10.9. The van der Waals surface area contributed by atoms with Crippen LogP contribution in [0.4, 0.5) is 17.1 Å². The van der Waals surface area contributed by atoms with Gasteiger partial charge in [0.15, 0.2) is 5.75 Å². The van der Waals surface area contributed by atoms with Gasteiger partial charge >= 0.3 is 5.69 Å². The number of phenols is 3. The van der Waals surface area contributed by atoms with E-state index in [0.29, 0.717) is 17.5 Å². The predicted molar refractivity (Wildman–Crippen MR) is 107 cm³/mol. The van der Waals surface area contributed by atoms with Gasteiger partial charge in [-0.05, 0) is 24.3 Å². The van der Waals surface area contributed by atoms with Crippen LogP contribution in [-0.2, 0) is 27.5 Å². The van der Waals surface area contributed by atoms with Crippen LogP contribution in [0.5, 0.6) is 17.2 Å². The summed E-state index contributed by atoms with van der Waals surface area (Å²) in [6.45, 7) is 0. The van der Waals surface area contributed by atoms with Gasteiger partial charge in [0.1, 0.15) is 22.0 Å². The molecule has 0 fully saturated rings. The summed E-state index contributed by atoms with van der Waals surface area (Å²) in [4.78, 5) is 9.07. The molecular weight excluding hydrogens is 494 g/mol. The molecule has 0 unspecified atom stereocenters.